The SMILES string of the molecule is CNCc1ccc(N2CCCCC2C)c(F)c1. The van der Waals surface area contributed by atoms with Crippen molar-refractivity contribution in [2.75, 3.05) is 18.5 Å². The highest BCUT2D eigenvalue weighted by Gasteiger charge is 2.21. The van der Waals surface area contributed by atoms with Gasteiger partial charge in [0.2, 0.25) is 0 Å². The van der Waals surface area contributed by atoms with Gasteiger partial charge in [0, 0.05) is 19.1 Å². The summed E-state index contributed by atoms with van der Waals surface area (Å²) in [6, 6.07) is 6.03. The van der Waals surface area contributed by atoms with Crippen molar-refractivity contribution in [2.45, 2.75) is 38.8 Å². The monoisotopic (exact) mass is 236 g/mol. The van der Waals surface area contributed by atoms with Gasteiger partial charge in [-0.05, 0) is 50.9 Å². The van der Waals surface area contributed by atoms with Crippen LogP contribution < -0.4 is 10.2 Å². The van der Waals surface area contributed by atoms with Crippen LogP contribution in [-0.4, -0.2) is 19.6 Å². The second-order valence-electron chi connectivity index (χ2n) is 4.85. The molecule has 0 spiro atoms. The van der Waals surface area contributed by atoms with E-state index >= 15 is 0 Å². The predicted molar refractivity (Wildman–Crippen MR) is 69.8 cm³/mol. The van der Waals surface area contributed by atoms with Crippen LogP contribution in [0.2, 0.25) is 0 Å². The topological polar surface area (TPSA) is 15.3 Å². The van der Waals surface area contributed by atoms with Crippen LogP contribution in [0.4, 0.5) is 10.1 Å². The van der Waals surface area contributed by atoms with Crippen molar-refractivity contribution in [1.29, 1.82) is 0 Å². The first-order chi connectivity index (χ1) is 8.22. The highest BCUT2D eigenvalue weighted by Crippen LogP contribution is 2.27. The lowest BCUT2D eigenvalue weighted by Crippen LogP contribution is -2.38. The zero-order valence-corrected chi connectivity index (χ0v) is 10.7. The number of hydrogen-bond acceptors (Lipinski definition) is 2. The Morgan fingerprint density at radius 1 is 1.41 bits per heavy atom. The van der Waals surface area contributed by atoms with Gasteiger partial charge in [0.1, 0.15) is 5.82 Å². The standard InChI is InChI=1S/C14H21FN2/c1-11-5-3-4-8-17(11)14-7-6-12(10-16-2)9-13(14)15/h6-7,9,11,16H,3-5,8,10H2,1-2H3. The first kappa shape index (κ1) is 12.4. The molecule has 1 aromatic rings. The molecule has 17 heavy (non-hydrogen) atoms. The average Bonchev–Trinajstić information content (AvgIpc) is 2.31. The van der Waals surface area contributed by atoms with Crippen molar-refractivity contribution in [3.63, 3.8) is 0 Å². The molecule has 0 amide bonds. The summed E-state index contributed by atoms with van der Waals surface area (Å²) in [4.78, 5) is 2.20. The highest BCUT2D eigenvalue weighted by molar-refractivity contribution is 5.50. The fourth-order valence-electron chi connectivity index (χ4n) is 2.55. The molecule has 1 saturated heterocycles. The Hall–Kier alpha value is -1.09. The Kier molecular flexibility index (Phi) is 4.00. The quantitative estimate of drug-likeness (QED) is 0.868. The third-order valence-corrected chi connectivity index (χ3v) is 3.51. The molecular weight excluding hydrogens is 215 g/mol. The summed E-state index contributed by atoms with van der Waals surface area (Å²) in [5, 5.41) is 3.04. The second-order valence-corrected chi connectivity index (χ2v) is 4.85. The lowest BCUT2D eigenvalue weighted by Gasteiger charge is -2.35. The summed E-state index contributed by atoms with van der Waals surface area (Å²) in [6.07, 6.45) is 3.59. The number of halogens is 1. The third kappa shape index (κ3) is 2.78. The maximum absolute atomic E-state index is 14.1. The molecule has 2 nitrogen and oxygen atoms in total. The van der Waals surface area contributed by atoms with Gasteiger partial charge in [-0.3, -0.25) is 0 Å². The number of rotatable bonds is 3. The molecule has 3 heteroatoms. The minimum atomic E-state index is -0.0912. The molecule has 1 fully saturated rings. The van der Waals surface area contributed by atoms with E-state index in [1.54, 1.807) is 6.07 Å². The zero-order chi connectivity index (χ0) is 12.3. The van der Waals surface area contributed by atoms with Gasteiger partial charge in [-0.2, -0.15) is 0 Å². The summed E-state index contributed by atoms with van der Waals surface area (Å²) in [5.74, 6) is -0.0912. The van der Waals surface area contributed by atoms with Crippen molar-refractivity contribution in [2.24, 2.45) is 0 Å². The van der Waals surface area contributed by atoms with Crippen LogP contribution >= 0.6 is 0 Å². The van der Waals surface area contributed by atoms with E-state index < -0.39 is 0 Å². The van der Waals surface area contributed by atoms with Gasteiger partial charge in [0.15, 0.2) is 0 Å². The molecule has 2 rings (SSSR count). The van der Waals surface area contributed by atoms with E-state index in [2.05, 4.69) is 17.1 Å². The molecular formula is C14H21FN2. The zero-order valence-electron chi connectivity index (χ0n) is 10.7. The summed E-state index contributed by atoms with van der Waals surface area (Å²) >= 11 is 0. The first-order valence-corrected chi connectivity index (χ1v) is 6.42. The van der Waals surface area contributed by atoms with Crippen LogP contribution in [0.1, 0.15) is 31.7 Å². The largest absolute Gasteiger partial charge is 0.366 e. The number of nitrogens with one attached hydrogen (secondary N) is 1. The second kappa shape index (κ2) is 5.50. The molecule has 0 aromatic heterocycles. The summed E-state index contributed by atoms with van der Waals surface area (Å²) in [5.41, 5.74) is 1.76. The fraction of sp³-hybridized carbons (Fsp3) is 0.571. The van der Waals surface area contributed by atoms with Crippen molar-refractivity contribution < 1.29 is 4.39 Å². The third-order valence-electron chi connectivity index (χ3n) is 3.51. The smallest absolute Gasteiger partial charge is 0.146 e. The van der Waals surface area contributed by atoms with Crippen molar-refractivity contribution >= 4 is 5.69 Å². The molecule has 0 bridgehead atoms. The highest BCUT2D eigenvalue weighted by atomic mass is 19.1. The van der Waals surface area contributed by atoms with Gasteiger partial charge in [0.05, 0.1) is 5.69 Å². The maximum Gasteiger partial charge on any atom is 0.146 e. The van der Waals surface area contributed by atoms with Crippen LogP contribution in [0.5, 0.6) is 0 Å². The van der Waals surface area contributed by atoms with E-state index in [-0.39, 0.29) is 5.82 Å². The first-order valence-electron chi connectivity index (χ1n) is 6.42. The van der Waals surface area contributed by atoms with E-state index in [4.69, 9.17) is 0 Å². The Balaban J connectivity index is 2.20. The number of nitrogens with zero attached hydrogens (tertiary/aromatic N) is 1. The van der Waals surface area contributed by atoms with Gasteiger partial charge in [0.25, 0.3) is 0 Å². The van der Waals surface area contributed by atoms with E-state index in [9.17, 15) is 4.39 Å². The summed E-state index contributed by atoms with van der Waals surface area (Å²) in [7, 11) is 1.87. The molecule has 0 aliphatic carbocycles. The molecule has 1 N–H and O–H groups in total. The molecule has 1 heterocycles. The van der Waals surface area contributed by atoms with Crippen LogP contribution in [0.3, 0.4) is 0 Å². The molecule has 0 radical (unpaired) electrons. The van der Waals surface area contributed by atoms with E-state index in [0.717, 1.165) is 24.2 Å². The van der Waals surface area contributed by atoms with Gasteiger partial charge in [-0.15, -0.1) is 0 Å². The van der Waals surface area contributed by atoms with Gasteiger partial charge >= 0.3 is 0 Å². The number of benzene rings is 1. The maximum atomic E-state index is 14.1. The summed E-state index contributed by atoms with van der Waals surface area (Å²) < 4.78 is 14.1. The molecule has 1 unspecified atom stereocenters. The molecule has 1 aliphatic rings. The Morgan fingerprint density at radius 2 is 2.24 bits per heavy atom. The van der Waals surface area contributed by atoms with Crippen LogP contribution in [0.25, 0.3) is 0 Å². The number of anilines is 1. The van der Waals surface area contributed by atoms with E-state index in [1.165, 1.54) is 12.8 Å². The Bertz CT molecular complexity index is 378. The number of piperidine rings is 1. The van der Waals surface area contributed by atoms with Crippen LogP contribution in [0.15, 0.2) is 18.2 Å². The van der Waals surface area contributed by atoms with E-state index in [1.807, 2.05) is 19.2 Å². The Morgan fingerprint density at radius 3 is 2.88 bits per heavy atom. The van der Waals surface area contributed by atoms with Crippen LogP contribution in [0, 0.1) is 5.82 Å². The summed E-state index contributed by atoms with van der Waals surface area (Å²) in [6.45, 7) is 3.87. The number of hydrogen-bond donors (Lipinski definition) is 1. The van der Waals surface area contributed by atoms with Crippen molar-refractivity contribution in [3.8, 4) is 0 Å². The normalized spacial score (nSPS) is 20.6. The van der Waals surface area contributed by atoms with Gasteiger partial charge in [-0.1, -0.05) is 6.07 Å². The van der Waals surface area contributed by atoms with Crippen molar-refractivity contribution in [3.05, 3.63) is 29.6 Å². The fourth-order valence-corrected chi connectivity index (χ4v) is 2.55. The predicted octanol–water partition coefficient (Wildman–Crippen LogP) is 2.92. The molecule has 1 atom stereocenters. The molecule has 0 saturated carbocycles. The minimum Gasteiger partial charge on any atom is -0.366 e. The lowest BCUT2D eigenvalue weighted by atomic mass is 10.0. The minimum absolute atomic E-state index is 0.0912. The van der Waals surface area contributed by atoms with Gasteiger partial charge in [-0.25, -0.2) is 4.39 Å². The van der Waals surface area contributed by atoms with E-state index in [0.29, 0.717) is 12.6 Å². The molecule has 1 aliphatic heterocycles. The average molecular weight is 236 g/mol. The molecule has 94 valence electrons. The molecule has 1 aromatic carbocycles. The van der Waals surface area contributed by atoms with Gasteiger partial charge < -0.3 is 10.2 Å². The van der Waals surface area contributed by atoms with Crippen LogP contribution in [-0.2, 0) is 6.54 Å². The van der Waals surface area contributed by atoms with Crippen molar-refractivity contribution in [1.82, 2.24) is 5.32 Å². The Labute approximate surface area is 103 Å². The lowest BCUT2D eigenvalue weighted by molar-refractivity contribution is 0.475.